The number of ether oxygens (including phenoxy) is 1. The van der Waals surface area contributed by atoms with Crippen molar-refractivity contribution in [2.24, 2.45) is 0 Å². The molecule has 4 unspecified atom stereocenters. The fourth-order valence-electron chi connectivity index (χ4n) is 3.77. The van der Waals surface area contributed by atoms with Crippen molar-refractivity contribution in [3.63, 3.8) is 0 Å². The lowest BCUT2D eigenvalue weighted by Gasteiger charge is -2.44. The number of rotatable bonds is 6. The second-order valence-electron chi connectivity index (χ2n) is 7.49. The summed E-state index contributed by atoms with van der Waals surface area (Å²) < 4.78 is 67.3. The molecular formula is C15H29F3N6O3S. The van der Waals surface area contributed by atoms with E-state index in [0.29, 0.717) is 25.9 Å². The van der Waals surface area contributed by atoms with Gasteiger partial charge < -0.3 is 9.29 Å². The van der Waals surface area contributed by atoms with Crippen molar-refractivity contribution < 1.29 is 26.7 Å². The molecule has 3 rings (SSSR count). The highest BCUT2D eigenvalue weighted by atomic mass is 32.3. The molecule has 4 N–H and O–H groups in total. The maximum atomic E-state index is 12.5. The number of halogens is 3. The molecule has 0 radical (unpaired) electrons. The predicted octanol–water partition coefficient (Wildman–Crippen LogP) is -0.477. The van der Waals surface area contributed by atoms with Crippen LogP contribution in [0.25, 0.3) is 0 Å². The number of alkyl halides is 3. The highest BCUT2D eigenvalue weighted by molar-refractivity contribution is 7.94. The first-order valence-corrected chi connectivity index (χ1v) is 11.4. The average molecular weight is 430 g/mol. The molecular weight excluding hydrogens is 401 g/mol. The summed E-state index contributed by atoms with van der Waals surface area (Å²) in [5, 5.41) is 12.6. The van der Waals surface area contributed by atoms with E-state index in [4.69, 9.17) is 4.74 Å². The summed E-state index contributed by atoms with van der Waals surface area (Å²) in [6, 6.07) is 0.0450. The largest absolute Gasteiger partial charge is 0.598 e. The summed E-state index contributed by atoms with van der Waals surface area (Å²) in [6.45, 7) is 1.21. The van der Waals surface area contributed by atoms with Crippen LogP contribution in [-0.2, 0) is 19.3 Å². The lowest BCUT2D eigenvalue weighted by Crippen LogP contribution is -2.76. The van der Waals surface area contributed by atoms with Crippen molar-refractivity contribution in [3.05, 3.63) is 0 Å². The Kier molecular flexibility index (Phi) is 7.32. The topological polar surface area (TPSA) is 104 Å². The van der Waals surface area contributed by atoms with Crippen molar-refractivity contribution in [1.29, 1.82) is 0 Å². The molecule has 0 aliphatic carbocycles. The number of hydrogen-bond acceptors (Lipinski definition) is 8. The Hall–Kier alpha value is -0.380. The first-order valence-electron chi connectivity index (χ1n) is 9.52. The van der Waals surface area contributed by atoms with Crippen molar-refractivity contribution in [3.8, 4) is 0 Å². The quantitative estimate of drug-likeness (QED) is 0.419. The first-order chi connectivity index (χ1) is 13.1. The summed E-state index contributed by atoms with van der Waals surface area (Å²) in [5.41, 5.74) is 0. The maximum Gasteiger partial charge on any atom is 0.411 e. The number of sulfonamides is 1. The van der Waals surface area contributed by atoms with Gasteiger partial charge in [-0.2, -0.15) is 13.2 Å². The van der Waals surface area contributed by atoms with Gasteiger partial charge in [-0.25, -0.2) is 0 Å². The smallest absolute Gasteiger partial charge is 0.411 e. The van der Waals surface area contributed by atoms with Crippen molar-refractivity contribution >= 4 is 10.4 Å². The van der Waals surface area contributed by atoms with E-state index in [9.17, 15) is 21.9 Å². The van der Waals surface area contributed by atoms with E-state index in [1.165, 1.54) is 10.6 Å². The van der Waals surface area contributed by atoms with Gasteiger partial charge in [0, 0.05) is 32.2 Å². The van der Waals surface area contributed by atoms with Crippen LogP contribution in [0, 0.1) is 0 Å². The molecule has 3 aliphatic rings. The third-order valence-electron chi connectivity index (χ3n) is 5.20. The molecule has 3 heterocycles. The molecule has 13 heteroatoms. The van der Waals surface area contributed by atoms with Gasteiger partial charge in [0.15, 0.2) is 6.35 Å². The summed E-state index contributed by atoms with van der Waals surface area (Å²) in [6.07, 6.45) is -1.59. The van der Waals surface area contributed by atoms with Gasteiger partial charge in [0.2, 0.25) is 0 Å². The van der Waals surface area contributed by atoms with E-state index >= 15 is 0 Å². The average Bonchev–Trinajstić information content (AvgIpc) is 3.14. The molecule has 3 fully saturated rings. The third-order valence-corrected chi connectivity index (χ3v) is 6.50. The van der Waals surface area contributed by atoms with E-state index in [1.54, 1.807) is 0 Å². The van der Waals surface area contributed by atoms with E-state index in [2.05, 4.69) is 26.2 Å². The summed E-state index contributed by atoms with van der Waals surface area (Å²) in [7, 11) is -3.20. The molecule has 3 saturated heterocycles. The van der Waals surface area contributed by atoms with Crippen LogP contribution in [0.15, 0.2) is 0 Å². The predicted molar refractivity (Wildman–Crippen MR) is 96.1 cm³/mol. The highest BCUT2D eigenvalue weighted by Crippen LogP contribution is 2.18. The zero-order valence-electron chi connectivity index (χ0n) is 15.8. The van der Waals surface area contributed by atoms with Crippen molar-refractivity contribution in [2.75, 3.05) is 39.0 Å². The van der Waals surface area contributed by atoms with Gasteiger partial charge in [-0.3, -0.25) is 26.2 Å². The Morgan fingerprint density at radius 1 is 1.14 bits per heavy atom. The molecule has 0 aromatic carbocycles. The Bertz CT molecular complexity index is 552. The molecule has 3 aliphatic heterocycles. The zero-order chi connectivity index (χ0) is 20.4. The van der Waals surface area contributed by atoms with Gasteiger partial charge in [0.25, 0.3) is 0 Å². The standard InChI is InChI=1S/C15H29F3N6O3S/c1-28(25,26)24-8-4-11(5-9-24)19-12-20-13(23-6-2-3-7-23)22-14(21-12)27-10-15(16,17)18/h11-14,19-22H,2-10H2,1H3. The summed E-state index contributed by atoms with van der Waals surface area (Å²) >= 11 is 0. The van der Waals surface area contributed by atoms with Crippen LogP contribution in [0.5, 0.6) is 0 Å². The monoisotopic (exact) mass is 430 g/mol. The molecule has 4 atom stereocenters. The SMILES string of the molecule is C[S+](=O)([O-])N1CCC(NC2NC(OCC(F)(F)F)NC(N3CCCC3)N2)CC1. The number of nitrogens with zero attached hydrogens (tertiary/aromatic N) is 2. The molecule has 0 amide bonds. The molecule has 28 heavy (non-hydrogen) atoms. The van der Waals surface area contributed by atoms with Gasteiger partial charge in [0.1, 0.15) is 35.8 Å². The maximum absolute atomic E-state index is 12.5. The molecule has 0 aromatic rings. The minimum Gasteiger partial charge on any atom is -0.598 e. The summed E-state index contributed by atoms with van der Waals surface area (Å²) in [4.78, 5) is 2.13. The molecule has 164 valence electrons. The van der Waals surface area contributed by atoms with Crippen LogP contribution in [0.3, 0.4) is 0 Å². The Morgan fingerprint density at radius 3 is 2.36 bits per heavy atom. The minimum atomic E-state index is -4.40. The number of hydrogen-bond donors (Lipinski definition) is 4. The van der Waals surface area contributed by atoms with E-state index < -0.39 is 35.8 Å². The Labute approximate surface area is 164 Å². The second-order valence-corrected chi connectivity index (χ2v) is 9.47. The molecule has 0 aromatic heterocycles. The molecule has 9 nitrogen and oxygen atoms in total. The Balaban J connectivity index is 1.55. The third kappa shape index (κ3) is 6.57. The Morgan fingerprint density at radius 2 is 1.79 bits per heavy atom. The van der Waals surface area contributed by atoms with Gasteiger partial charge in [0.05, 0.1) is 0 Å². The summed E-state index contributed by atoms with van der Waals surface area (Å²) in [5.74, 6) is 0. The molecule has 0 bridgehead atoms. The fraction of sp³-hybridized carbons (Fsp3) is 1.00. The van der Waals surface area contributed by atoms with Gasteiger partial charge in [-0.05, 0) is 25.7 Å². The van der Waals surface area contributed by atoms with Crippen LogP contribution in [0.2, 0.25) is 0 Å². The van der Waals surface area contributed by atoms with Gasteiger partial charge in [-0.1, -0.05) is 4.21 Å². The second kappa shape index (κ2) is 9.18. The molecule has 0 spiro atoms. The van der Waals surface area contributed by atoms with E-state index in [0.717, 1.165) is 25.9 Å². The van der Waals surface area contributed by atoms with Crippen LogP contribution in [0.4, 0.5) is 13.2 Å². The zero-order valence-corrected chi connectivity index (χ0v) is 16.7. The van der Waals surface area contributed by atoms with E-state index in [1.807, 2.05) is 0 Å². The van der Waals surface area contributed by atoms with Crippen molar-refractivity contribution in [1.82, 2.24) is 30.5 Å². The van der Waals surface area contributed by atoms with Crippen LogP contribution < -0.4 is 21.3 Å². The van der Waals surface area contributed by atoms with Crippen LogP contribution >= 0.6 is 0 Å². The number of piperidine rings is 1. The van der Waals surface area contributed by atoms with Crippen LogP contribution in [-0.4, -0.2) is 83.9 Å². The lowest BCUT2D eigenvalue weighted by atomic mass is 10.1. The molecule has 0 saturated carbocycles. The lowest BCUT2D eigenvalue weighted by molar-refractivity contribution is -0.201. The van der Waals surface area contributed by atoms with E-state index in [-0.39, 0.29) is 12.3 Å². The van der Waals surface area contributed by atoms with Crippen LogP contribution in [0.1, 0.15) is 25.7 Å². The number of likely N-dealkylation sites (tertiary alicyclic amines) is 1. The normalized spacial score (nSPS) is 33.8. The number of nitrogens with one attached hydrogen (secondary N) is 4. The van der Waals surface area contributed by atoms with Gasteiger partial charge in [-0.15, -0.1) is 4.31 Å². The van der Waals surface area contributed by atoms with Crippen molar-refractivity contribution in [2.45, 2.75) is 56.8 Å². The fourth-order valence-corrected chi connectivity index (χ4v) is 4.64. The van der Waals surface area contributed by atoms with Gasteiger partial charge >= 0.3 is 6.18 Å². The minimum absolute atomic E-state index is 0.0450. The highest BCUT2D eigenvalue weighted by Gasteiger charge is 2.37. The first kappa shape index (κ1) is 22.3.